The van der Waals surface area contributed by atoms with E-state index in [0.717, 1.165) is 11.1 Å². The van der Waals surface area contributed by atoms with Crippen molar-refractivity contribution in [1.29, 1.82) is 0 Å². The molecule has 0 unspecified atom stereocenters. The van der Waals surface area contributed by atoms with E-state index in [2.05, 4.69) is 0 Å². The third-order valence-corrected chi connectivity index (χ3v) is 3.69. The first kappa shape index (κ1) is 11.9. The third-order valence-electron chi connectivity index (χ3n) is 3.69. The molecule has 100 valence electrons. The van der Waals surface area contributed by atoms with Crippen LogP contribution in [0.4, 0.5) is 0 Å². The zero-order chi connectivity index (χ0) is 14.2. The number of hydrogen-bond acceptors (Lipinski definition) is 2. The molecule has 21 heavy (non-hydrogen) atoms. The molecule has 0 aliphatic heterocycles. The molecule has 0 amide bonds. The first-order valence-electron chi connectivity index (χ1n) is 6.84. The minimum absolute atomic E-state index is 0.0197. The molecule has 0 N–H and O–H groups in total. The van der Waals surface area contributed by atoms with Crippen molar-refractivity contribution in [2.75, 3.05) is 0 Å². The molecule has 0 spiro atoms. The van der Waals surface area contributed by atoms with E-state index in [0.29, 0.717) is 21.9 Å². The second-order valence-corrected chi connectivity index (χ2v) is 4.97. The number of rotatable bonds is 1. The number of para-hydroxylation sites is 1. The lowest BCUT2D eigenvalue weighted by Crippen LogP contribution is -2.03. The largest absolute Gasteiger partial charge is 0.456 e. The quantitative estimate of drug-likeness (QED) is 0.473. The van der Waals surface area contributed by atoms with Crippen LogP contribution in [0.15, 0.2) is 82.0 Å². The lowest BCUT2D eigenvalue weighted by Gasteiger charge is -2.07. The summed E-state index contributed by atoms with van der Waals surface area (Å²) in [6.07, 6.45) is 0. The molecule has 0 bridgehead atoms. The number of fused-ring (bicyclic) bond motifs is 2. The second kappa shape index (κ2) is 4.60. The van der Waals surface area contributed by atoms with Crippen LogP contribution in [-0.4, -0.2) is 0 Å². The van der Waals surface area contributed by atoms with Gasteiger partial charge in [0.25, 0.3) is 0 Å². The van der Waals surface area contributed by atoms with Crippen molar-refractivity contribution >= 4 is 21.9 Å². The van der Waals surface area contributed by atoms with Crippen LogP contribution in [0.3, 0.4) is 0 Å². The molecular formula is C19H12O2. The van der Waals surface area contributed by atoms with Gasteiger partial charge in [-0.3, -0.25) is 4.79 Å². The minimum atomic E-state index is 0.0197. The zero-order valence-electron chi connectivity index (χ0n) is 11.2. The number of benzene rings is 3. The summed E-state index contributed by atoms with van der Waals surface area (Å²) in [4.78, 5) is 12.8. The summed E-state index contributed by atoms with van der Waals surface area (Å²) in [5.41, 5.74) is 3.20. The van der Waals surface area contributed by atoms with Gasteiger partial charge >= 0.3 is 0 Å². The first-order chi connectivity index (χ1) is 10.3. The van der Waals surface area contributed by atoms with E-state index >= 15 is 0 Å². The summed E-state index contributed by atoms with van der Waals surface area (Å²) in [5, 5.41) is 1.26. The van der Waals surface area contributed by atoms with Gasteiger partial charge in [0.2, 0.25) is 5.43 Å². The van der Waals surface area contributed by atoms with Crippen LogP contribution < -0.4 is 5.43 Å². The summed E-state index contributed by atoms with van der Waals surface area (Å²) in [7, 11) is 0. The minimum Gasteiger partial charge on any atom is -0.456 e. The van der Waals surface area contributed by atoms with Gasteiger partial charge < -0.3 is 4.42 Å². The monoisotopic (exact) mass is 272 g/mol. The van der Waals surface area contributed by atoms with Gasteiger partial charge in [0, 0.05) is 0 Å². The highest BCUT2D eigenvalue weighted by molar-refractivity contribution is 5.98. The normalized spacial score (nSPS) is 11.0. The fourth-order valence-corrected chi connectivity index (χ4v) is 2.71. The van der Waals surface area contributed by atoms with Crippen LogP contribution in [0.25, 0.3) is 33.1 Å². The van der Waals surface area contributed by atoms with E-state index in [9.17, 15) is 4.79 Å². The molecule has 0 aliphatic carbocycles. The van der Waals surface area contributed by atoms with Gasteiger partial charge in [-0.15, -0.1) is 0 Å². The Kier molecular flexibility index (Phi) is 2.61. The predicted octanol–water partition coefficient (Wildman–Crippen LogP) is 4.61. The molecule has 1 aromatic heterocycles. The summed E-state index contributed by atoms with van der Waals surface area (Å²) in [5.74, 6) is 0. The van der Waals surface area contributed by atoms with Crippen molar-refractivity contribution in [3.05, 3.63) is 83.0 Å². The average molecular weight is 272 g/mol. The highest BCUT2D eigenvalue weighted by Crippen LogP contribution is 2.28. The Labute approximate surface area is 121 Å². The topological polar surface area (TPSA) is 30.2 Å². The molecule has 0 saturated heterocycles. The zero-order valence-corrected chi connectivity index (χ0v) is 11.2. The van der Waals surface area contributed by atoms with Crippen molar-refractivity contribution < 1.29 is 4.42 Å². The van der Waals surface area contributed by atoms with Gasteiger partial charge in [0.05, 0.1) is 10.8 Å². The van der Waals surface area contributed by atoms with Crippen molar-refractivity contribution in [2.45, 2.75) is 0 Å². The maximum atomic E-state index is 12.8. The van der Waals surface area contributed by atoms with Crippen LogP contribution in [-0.2, 0) is 0 Å². The lowest BCUT2D eigenvalue weighted by atomic mass is 10.00. The Morgan fingerprint density at radius 1 is 0.667 bits per heavy atom. The van der Waals surface area contributed by atoms with Gasteiger partial charge in [-0.05, 0) is 29.3 Å². The van der Waals surface area contributed by atoms with Crippen molar-refractivity contribution in [3.63, 3.8) is 0 Å². The van der Waals surface area contributed by atoms with Gasteiger partial charge in [-0.25, -0.2) is 0 Å². The molecule has 2 nitrogen and oxygen atoms in total. The van der Waals surface area contributed by atoms with E-state index in [1.807, 2.05) is 72.8 Å². The van der Waals surface area contributed by atoms with Crippen LogP contribution in [0, 0.1) is 0 Å². The van der Waals surface area contributed by atoms with Crippen molar-refractivity contribution in [1.82, 2.24) is 0 Å². The fraction of sp³-hybridized carbons (Fsp3) is 0. The highest BCUT2D eigenvalue weighted by Gasteiger charge is 2.11. The lowest BCUT2D eigenvalue weighted by molar-refractivity contribution is 0.660. The third kappa shape index (κ3) is 1.84. The molecule has 3 aromatic carbocycles. The molecule has 0 aliphatic rings. The van der Waals surface area contributed by atoms with Gasteiger partial charge in [-0.1, -0.05) is 54.6 Å². The van der Waals surface area contributed by atoms with Gasteiger partial charge in [0.1, 0.15) is 11.2 Å². The maximum Gasteiger partial charge on any atom is 0.201 e. The van der Waals surface area contributed by atoms with E-state index in [4.69, 9.17) is 4.42 Å². The Morgan fingerprint density at radius 3 is 2.24 bits per heavy atom. The van der Waals surface area contributed by atoms with Gasteiger partial charge in [-0.2, -0.15) is 0 Å². The van der Waals surface area contributed by atoms with Crippen LogP contribution in [0.2, 0.25) is 0 Å². The molecule has 0 atom stereocenters. The SMILES string of the molecule is O=c1c2ccccc2oc2cccc(-c3ccccc3)c12. The van der Waals surface area contributed by atoms with Crippen LogP contribution in [0.5, 0.6) is 0 Å². The predicted molar refractivity (Wildman–Crippen MR) is 85.4 cm³/mol. The standard InChI is InChI=1S/C19H12O2/c20-19-15-9-4-5-11-16(15)21-17-12-6-10-14(18(17)19)13-7-2-1-3-8-13/h1-12H. The van der Waals surface area contributed by atoms with Crippen molar-refractivity contribution in [3.8, 4) is 11.1 Å². The Bertz CT molecular complexity index is 998. The Hall–Kier alpha value is -2.87. The van der Waals surface area contributed by atoms with Crippen molar-refractivity contribution in [2.24, 2.45) is 0 Å². The molecular weight excluding hydrogens is 260 g/mol. The second-order valence-electron chi connectivity index (χ2n) is 4.97. The van der Waals surface area contributed by atoms with E-state index in [1.54, 1.807) is 0 Å². The first-order valence-corrected chi connectivity index (χ1v) is 6.84. The van der Waals surface area contributed by atoms with E-state index in [-0.39, 0.29) is 5.43 Å². The molecule has 2 heteroatoms. The van der Waals surface area contributed by atoms with Gasteiger partial charge in [0.15, 0.2) is 0 Å². The summed E-state index contributed by atoms with van der Waals surface area (Å²) < 4.78 is 5.89. The van der Waals surface area contributed by atoms with E-state index < -0.39 is 0 Å². The molecule has 4 rings (SSSR count). The molecule has 4 aromatic rings. The molecule has 1 heterocycles. The summed E-state index contributed by atoms with van der Waals surface area (Å²) >= 11 is 0. The van der Waals surface area contributed by atoms with Crippen LogP contribution in [0.1, 0.15) is 0 Å². The Morgan fingerprint density at radius 2 is 1.38 bits per heavy atom. The summed E-state index contributed by atoms with van der Waals surface area (Å²) in [6, 6.07) is 23.0. The fourth-order valence-electron chi connectivity index (χ4n) is 2.71. The molecule has 0 radical (unpaired) electrons. The van der Waals surface area contributed by atoms with E-state index in [1.165, 1.54) is 0 Å². The summed E-state index contributed by atoms with van der Waals surface area (Å²) in [6.45, 7) is 0. The van der Waals surface area contributed by atoms with Crippen LogP contribution >= 0.6 is 0 Å². The Balaban J connectivity index is 2.19. The maximum absolute atomic E-state index is 12.8. The number of hydrogen-bond donors (Lipinski definition) is 0. The average Bonchev–Trinajstić information content (AvgIpc) is 2.55. The smallest absolute Gasteiger partial charge is 0.201 e. The molecule has 0 fully saturated rings. The highest BCUT2D eigenvalue weighted by atomic mass is 16.3. The molecule has 0 saturated carbocycles.